The van der Waals surface area contributed by atoms with E-state index in [-0.39, 0.29) is 5.69 Å². The van der Waals surface area contributed by atoms with Crippen molar-refractivity contribution in [3.05, 3.63) is 17.9 Å². The monoisotopic (exact) mass is 288 g/mol. The van der Waals surface area contributed by atoms with Gasteiger partial charge in [0.05, 0.1) is 11.4 Å². The Labute approximate surface area is 116 Å². The van der Waals surface area contributed by atoms with Crippen LogP contribution in [0.25, 0.3) is 0 Å². The Morgan fingerprint density at radius 2 is 1.85 bits per heavy atom. The third kappa shape index (κ3) is 3.29. The first-order chi connectivity index (χ1) is 9.36. The first kappa shape index (κ1) is 14.8. The van der Waals surface area contributed by atoms with Crippen LogP contribution in [0, 0.1) is 17.7 Å². The molecule has 112 valence electrons. The van der Waals surface area contributed by atoms with Crippen LogP contribution in [0.3, 0.4) is 0 Å². The summed E-state index contributed by atoms with van der Waals surface area (Å²) in [6.45, 7) is 2.74. The number of anilines is 2. The Morgan fingerprint density at radius 3 is 2.40 bits per heavy atom. The molecule has 2 rings (SSSR count). The number of nitrogens with two attached hydrogens (primary N) is 1. The Bertz CT molecular complexity index is 472. The van der Waals surface area contributed by atoms with E-state index in [9.17, 15) is 13.2 Å². The van der Waals surface area contributed by atoms with Crippen LogP contribution in [0.2, 0.25) is 0 Å². The van der Waals surface area contributed by atoms with Crippen molar-refractivity contribution in [2.24, 2.45) is 11.8 Å². The number of alkyl halides is 2. The van der Waals surface area contributed by atoms with E-state index < -0.39 is 18.2 Å². The average molecular weight is 288 g/mol. The minimum absolute atomic E-state index is 0.241. The van der Waals surface area contributed by atoms with Gasteiger partial charge >= 0.3 is 6.61 Å². The van der Waals surface area contributed by atoms with Gasteiger partial charge in [-0.2, -0.15) is 8.78 Å². The molecule has 1 aromatic rings. The van der Waals surface area contributed by atoms with Crippen LogP contribution in [-0.4, -0.2) is 19.7 Å². The summed E-state index contributed by atoms with van der Waals surface area (Å²) in [5, 5.41) is 0. The van der Waals surface area contributed by atoms with Crippen LogP contribution < -0.4 is 15.4 Å². The molecule has 0 saturated carbocycles. The molecule has 0 radical (unpaired) electrons. The van der Waals surface area contributed by atoms with Crippen molar-refractivity contribution in [3.8, 4) is 5.75 Å². The zero-order valence-corrected chi connectivity index (χ0v) is 11.6. The lowest BCUT2D eigenvalue weighted by molar-refractivity contribution is -0.0521. The van der Waals surface area contributed by atoms with Gasteiger partial charge in [-0.25, -0.2) is 4.39 Å². The van der Waals surface area contributed by atoms with E-state index in [4.69, 9.17) is 5.73 Å². The maximum Gasteiger partial charge on any atom is 0.387 e. The van der Waals surface area contributed by atoms with Gasteiger partial charge in [-0.1, -0.05) is 13.8 Å². The third-order valence-corrected chi connectivity index (χ3v) is 3.51. The lowest BCUT2D eigenvalue weighted by Crippen LogP contribution is -2.39. The smallest absolute Gasteiger partial charge is 0.387 e. The van der Waals surface area contributed by atoms with Gasteiger partial charge in [0.15, 0.2) is 11.6 Å². The van der Waals surface area contributed by atoms with Gasteiger partial charge < -0.3 is 15.4 Å². The summed E-state index contributed by atoms with van der Waals surface area (Å²) in [5.74, 6) is -0.384. The zero-order chi connectivity index (χ0) is 14.9. The van der Waals surface area contributed by atoms with Gasteiger partial charge in [0.25, 0.3) is 0 Å². The van der Waals surface area contributed by atoms with Crippen molar-refractivity contribution in [2.75, 3.05) is 23.7 Å². The van der Waals surface area contributed by atoms with Gasteiger partial charge in [0.2, 0.25) is 0 Å². The maximum absolute atomic E-state index is 13.6. The molecule has 0 aliphatic carbocycles. The molecule has 2 unspecified atom stereocenters. The van der Waals surface area contributed by atoms with Crippen molar-refractivity contribution in [1.29, 1.82) is 0 Å². The summed E-state index contributed by atoms with van der Waals surface area (Å²) in [6.07, 6.45) is 1.11. The number of hydrogen-bond acceptors (Lipinski definition) is 3. The van der Waals surface area contributed by atoms with Crippen LogP contribution in [-0.2, 0) is 0 Å². The van der Waals surface area contributed by atoms with E-state index in [0.29, 0.717) is 17.5 Å². The summed E-state index contributed by atoms with van der Waals surface area (Å²) in [6, 6.07) is 2.30. The summed E-state index contributed by atoms with van der Waals surface area (Å²) in [5.41, 5.74) is 6.62. The van der Waals surface area contributed by atoms with Gasteiger partial charge in [0, 0.05) is 25.2 Å². The van der Waals surface area contributed by atoms with Gasteiger partial charge in [-0.15, -0.1) is 0 Å². The summed E-state index contributed by atoms with van der Waals surface area (Å²) < 4.78 is 42.3. The normalized spacial score (nSPS) is 23.2. The van der Waals surface area contributed by atoms with Crippen LogP contribution >= 0.6 is 0 Å². The molecule has 0 spiro atoms. The predicted molar refractivity (Wildman–Crippen MR) is 72.6 cm³/mol. The fourth-order valence-electron chi connectivity index (χ4n) is 2.88. The molecule has 0 amide bonds. The number of nitrogen functional groups attached to an aromatic ring is 1. The second-order valence-electron chi connectivity index (χ2n) is 5.57. The molecule has 1 fully saturated rings. The SMILES string of the molecule is CC1CC(C)CN(c2cc(OC(F)F)c(F)cc2N)C1. The standard InChI is InChI=1S/C14H19F3N2O/c1-8-3-9(2)7-19(6-8)12-5-13(20-14(16)17)10(15)4-11(12)18/h4-5,8-9,14H,3,6-7,18H2,1-2H3. The first-order valence-corrected chi connectivity index (χ1v) is 6.65. The minimum atomic E-state index is -3.06. The quantitative estimate of drug-likeness (QED) is 0.865. The predicted octanol–water partition coefficient (Wildman–Crippen LogP) is 3.49. The van der Waals surface area contributed by atoms with Crippen LogP contribution in [0.1, 0.15) is 20.3 Å². The molecule has 0 bridgehead atoms. The number of piperidine rings is 1. The van der Waals surface area contributed by atoms with Gasteiger partial charge in [0.1, 0.15) is 0 Å². The molecule has 2 atom stereocenters. The lowest BCUT2D eigenvalue weighted by atomic mass is 9.91. The van der Waals surface area contributed by atoms with Crippen molar-refractivity contribution < 1.29 is 17.9 Å². The van der Waals surface area contributed by atoms with E-state index >= 15 is 0 Å². The van der Waals surface area contributed by atoms with Crippen molar-refractivity contribution >= 4 is 11.4 Å². The zero-order valence-electron chi connectivity index (χ0n) is 11.6. The number of benzene rings is 1. The minimum Gasteiger partial charge on any atom is -0.432 e. The fraction of sp³-hybridized carbons (Fsp3) is 0.571. The Kier molecular flexibility index (Phi) is 4.30. The van der Waals surface area contributed by atoms with E-state index in [1.807, 2.05) is 4.90 Å². The van der Waals surface area contributed by atoms with Crippen LogP contribution in [0.15, 0.2) is 12.1 Å². The van der Waals surface area contributed by atoms with Gasteiger partial charge in [-0.3, -0.25) is 0 Å². The molecule has 1 aliphatic heterocycles. The van der Waals surface area contributed by atoms with E-state index in [1.165, 1.54) is 6.07 Å². The summed E-state index contributed by atoms with van der Waals surface area (Å²) in [7, 11) is 0. The fourth-order valence-corrected chi connectivity index (χ4v) is 2.88. The number of rotatable bonds is 3. The summed E-state index contributed by atoms with van der Waals surface area (Å²) in [4.78, 5) is 2.01. The highest BCUT2D eigenvalue weighted by atomic mass is 19.3. The molecule has 1 saturated heterocycles. The Hall–Kier alpha value is -1.59. The Morgan fingerprint density at radius 1 is 1.25 bits per heavy atom. The number of halogens is 3. The van der Waals surface area contributed by atoms with E-state index in [2.05, 4.69) is 18.6 Å². The molecule has 1 aliphatic rings. The van der Waals surface area contributed by atoms with Crippen LogP contribution in [0.4, 0.5) is 24.5 Å². The molecule has 2 N–H and O–H groups in total. The number of nitrogens with zero attached hydrogens (tertiary/aromatic N) is 1. The van der Waals surface area contributed by atoms with E-state index in [1.54, 1.807) is 0 Å². The van der Waals surface area contributed by atoms with Crippen LogP contribution in [0.5, 0.6) is 5.75 Å². The molecule has 3 nitrogen and oxygen atoms in total. The molecule has 1 heterocycles. The van der Waals surface area contributed by atoms with Crippen molar-refractivity contribution in [2.45, 2.75) is 26.9 Å². The molecule has 1 aromatic carbocycles. The summed E-state index contributed by atoms with van der Waals surface area (Å²) >= 11 is 0. The maximum atomic E-state index is 13.6. The topological polar surface area (TPSA) is 38.5 Å². The van der Waals surface area contributed by atoms with Crippen molar-refractivity contribution in [3.63, 3.8) is 0 Å². The molecule has 6 heteroatoms. The van der Waals surface area contributed by atoms with Crippen molar-refractivity contribution in [1.82, 2.24) is 0 Å². The third-order valence-electron chi connectivity index (χ3n) is 3.51. The lowest BCUT2D eigenvalue weighted by Gasteiger charge is -2.37. The van der Waals surface area contributed by atoms with Gasteiger partial charge in [-0.05, 0) is 18.3 Å². The largest absolute Gasteiger partial charge is 0.432 e. The first-order valence-electron chi connectivity index (χ1n) is 6.65. The highest BCUT2D eigenvalue weighted by molar-refractivity contribution is 5.70. The Balaban J connectivity index is 2.30. The molecule has 0 aromatic heterocycles. The number of hydrogen-bond donors (Lipinski definition) is 1. The molecule has 20 heavy (non-hydrogen) atoms. The second kappa shape index (κ2) is 5.81. The second-order valence-corrected chi connectivity index (χ2v) is 5.57. The number of ether oxygens (including phenoxy) is 1. The molecular weight excluding hydrogens is 269 g/mol. The van der Waals surface area contributed by atoms with E-state index in [0.717, 1.165) is 25.6 Å². The average Bonchev–Trinajstić information content (AvgIpc) is 2.30. The molecular formula is C14H19F3N2O. The highest BCUT2D eigenvalue weighted by Gasteiger charge is 2.24. The highest BCUT2D eigenvalue weighted by Crippen LogP contribution is 2.35.